The quantitative estimate of drug-likeness (QED) is 0.933. The fraction of sp³-hybridized carbons (Fsp3) is 0.417. The van der Waals surface area contributed by atoms with Gasteiger partial charge >= 0.3 is 0 Å². The second kappa shape index (κ2) is 5.03. The van der Waals surface area contributed by atoms with Gasteiger partial charge in [0.05, 0.1) is 21.3 Å². The van der Waals surface area contributed by atoms with Crippen molar-refractivity contribution in [1.82, 2.24) is 0 Å². The van der Waals surface area contributed by atoms with Gasteiger partial charge in [-0.1, -0.05) is 0 Å². The summed E-state index contributed by atoms with van der Waals surface area (Å²) >= 11 is 3.05. The molecule has 0 radical (unpaired) electrons. The number of anilines is 1. The summed E-state index contributed by atoms with van der Waals surface area (Å²) < 4.78 is 14.1. The first kappa shape index (κ1) is 13.9. The van der Waals surface area contributed by atoms with Crippen molar-refractivity contribution < 1.29 is 9.50 Å². The molecule has 0 saturated heterocycles. The van der Waals surface area contributed by atoms with Crippen molar-refractivity contribution in [2.75, 3.05) is 18.5 Å². The summed E-state index contributed by atoms with van der Waals surface area (Å²) in [5.74, 6) is -0.490. The zero-order valence-corrected chi connectivity index (χ0v) is 11.5. The molecular formula is C12H14BrFN2O. The molecule has 0 amide bonds. The molecule has 0 aliphatic carbocycles. The van der Waals surface area contributed by atoms with E-state index in [1.807, 2.05) is 6.07 Å². The minimum atomic E-state index is -0.915. The average molecular weight is 301 g/mol. The molecule has 0 atom stereocenters. The van der Waals surface area contributed by atoms with E-state index in [9.17, 15) is 9.50 Å². The standard InChI is InChI=1S/C12H14BrFN2O/c1-12(2,17)7-16(3)9-5-4-8(6-15)10(13)11(9)14/h4-5,17H,7H2,1-3H3. The minimum Gasteiger partial charge on any atom is -0.389 e. The number of hydrogen-bond acceptors (Lipinski definition) is 3. The highest BCUT2D eigenvalue weighted by Gasteiger charge is 2.20. The van der Waals surface area contributed by atoms with Crippen LogP contribution in [0.4, 0.5) is 10.1 Å². The Morgan fingerprint density at radius 3 is 2.59 bits per heavy atom. The van der Waals surface area contributed by atoms with Crippen LogP contribution >= 0.6 is 15.9 Å². The second-order valence-corrected chi connectivity index (χ2v) is 5.33. The average Bonchev–Trinajstić information content (AvgIpc) is 2.19. The van der Waals surface area contributed by atoms with Crippen molar-refractivity contribution in [2.24, 2.45) is 0 Å². The molecule has 0 spiro atoms. The fourth-order valence-electron chi connectivity index (χ4n) is 1.59. The number of likely N-dealkylation sites (N-methyl/N-ethyl adjacent to an activating group) is 1. The van der Waals surface area contributed by atoms with Gasteiger partial charge in [0.1, 0.15) is 6.07 Å². The number of nitriles is 1. The van der Waals surface area contributed by atoms with E-state index in [1.54, 1.807) is 31.9 Å². The third-order valence-corrected chi connectivity index (χ3v) is 2.99. The molecule has 5 heteroatoms. The summed E-state index contributed by atoms with van der Waals surface area (Å²) in [5, 5.41) is 18.4. The molecule has 0 aromatic heterocycles. The fourth-order valence-corrected chi connectivity index (χ4v) is 2.01. The van der Waals surface area contributed by atoms with Gasteiger partial charge in [-0.05, 0) is 41.9 Å². The van der Waals surface area contributed by atoms with Crippen LogP contribution in [-0.4, -0.2) is 24.3 Å². The molecule has 3 nitrogen and oxygen atoms in total. The number of rotatable bonds is 3. The molecule has 1 aromatic carbocycles. The number of hydrogen-bond donors (Lipinski definition) is 1. The number of nitrogens with zero attached hydrogens (tertiary/aromatic N) is 2. The van der Waals surface area contributed by atoms with Crippen molar-refractivity contribution in [1.29, 1.82) is 5.26 Å². The van der Waals surface area contributed by atoms with Gasteiger partial charge in [-0.15, -0.1) is 0 Å². The molecule has 92 valence electrons. The van der Waals surface area contributed by atoms with Crippen molar-refractivity contribution in [3.05, 3.63) is 28.0 Å². The van der Waals surface area contributed by atoms with Crippen LogP contribution < -0.4 is 4.90 Å². The zero-order valence-electron chi connectivity index (χ0n) is 9.96. The lowest BCUT2D eigenvalue weighted by Crippen LogP contribution is -2.36. The minimum absolute atomic E-state index is 0.153. The van der Waals surface area contributed by atoms with Gasteiger partial charge in [0, 0.05) is 13.6 Å². The van der Waals surface area contributed by atoms with Crippen molar-refractivity contribution >= 4 is 21.6 Å². The highest BCUT2D eigenvalue weighted by Crippen LogP contribution is 2.29. The molecule has 0 aliphatic rings. The Hall–Kier alpha value is -1.12. The Labute approximate surface area is 109 Å². The normalized spacial score (nSPS) is 11.1. The van der Waals surface area contributed by atoms with Crippen molar-refractivity contribution in [3.63, 3.8) is 0 Å². The van der Waals surface area contributed by atoms with Crippen molar-refractivity contribution in [2.45, 2.75) is 19.4 Å². The van der Waals surface area contributed by atoms with E-state index < -0.39 is 11.4 Å². The summed E-state index contributed by atoms with van der Waals surface area (Å²) in [6.45, 7) is 3.60. The first-order valence-electron chi connectivity index (χ1n) is 5.08. The molecule has 0 fully saturated rings. The van der Waals surface area contributed by atoms with E-state index in [0.717, 1.165) is 0 Å². The summed E-state index contributed by atoms with van der Waals surface area (Å²) in [6.07, 6.45) is 0. The maximum Gasteiger partial charge on any atom is 0.161 e. The molecule has 0 saturated carbocycles. The Morgan fingerprint density at radius 2 is 2.12 bits per heavy atom. The predicted molar refractivity (Wildman–Crippen MR) is 68.4 cm³/mol. The summed E-state index contributed by atoms with van der Waals surface area (Å²) in [6, 6.07) is 4.97. The van der Waals surface area contributed by atoms with E-state index >= 15 is 0 Å². The second-order valence-electron chi connectivity index (χ2n) is 4.54. The smallest absolute Gasteiger partial charge is 0.161 e. The van der Waals surface area contributed by atoms with Gasteiger partial charge in [0.15, 0.2) is 5.82 Å². The van der Waals surface area contributed by atoms with Gasteiger partial charge in [0.25, 0.3) is 0 Å². The van der Waals surface area contributed by atoms with E-state index in [1.165, 1.54) is 6.07 Å². The summed E-state index contributed by atoms with van der Waals surface area (Å²) in [5.41, 5.74) is -0.317. The zero-order chi connectivity index (χ0) is 13.2. The molecule has 0 aliphatic heterocycles. The van der Waals surface area contributed by atoms with Crippen LogP contribution in [0.5, 0.6) is 0 Å². The van der Waals surface area contributed by atoms with Gasteiger partial charge in [0.2, 0.25) is 0 Å². The van der Waals surface area contributed by atoms with E-state index in [0.29, 0.717) is 12.2 Å². The van der Waals surface area contributed by atoms with E-state index in [4.69, 9.17) is 5.26 Å². The predicted octanol–water partition coefficient (Wildman–Crippen LogP) is 2.67. The number of benzene rings is 1. The van der Waals surface area contributed by atoms with Crippen LogP contribution in [0.1, 0.15) is 19.4 Å². The van der Waals surface area contributed by atoms with Gasteiger partial charge < -0.3 is 10.0 Å². The lowest BCUT2D eigenvalue weighted by atomic mass is 10.1. The van der Waals surface area contributed by atoms with E-state index in [2.05, 4.69) is 15.9 Å². The summed E-state index contributed by atoms with van der Waals surface area (Å²) in [7, 11) is 1.69. The highest BCUT2D eigenvalue weighted by molar-refractivity contribution is 9.10. The van der Waals surface area contributed by atoms with Crippen LogP contribution in [-0.2, 0) is 0 Å². The Bertz CT molecular complexity index is 463. The third kappa shape index (κ3) is 3.42. The first-order valence-corrected chi connectivity index (χ1v) is 5.87. The van der Waals surface area contributed by atoms with Crippen LogP contribution in [0, 0.1) is 17.1 Å². The third-order valence-electron chi connectivity index (χ3n) is 2.22. The lowest BCUT2D eigenvalue weighted by molar-refractivity contribution is 0.0885. The molecule has 1 N–H and O–H groups in total. The molecule has 0 bridgehead atoms. The molecule has 1 aromatic rings. The maximum atomic E-state index is 14.0. The van der Waals surface area contributed by atoms with Crippen LogP contribution in [0.25, 0.3) is 0 Å². The molecule has 17 heavy (non-hydrogen) atoms. The molecule has 0 heterocycles. The topological polar surface area (TPSA) is 47.3 Å². The van der Waals surface area contributed by atoms with Gasteiger partial charge in [-0.25, -0.2) is 4.39 Å². The monoisotopic (exact) mass is 300 g/mol. The van der Waals surface area contributed by atoms with Gasteiger partial charge in [-0.3, -0.25) is 0 Å². The van der Waals surface area contributed by atoms with Gasteiger partial charge in [-0.2, -0.15) is 5.26 Å². The van der Waals surface area contributed by atoms with Crippen LogP contribution in [0.15, 0.2) is 16.6 Å². The van der Waals surface area contributed by atoms with E-state index in [-0.39, 0.29) is 10.0 Å². The maximum absolute atomic E-state index is 14.0. The number of halogens is 2. The number of aliphatic hydroxyl groups is 1. The SMILES string of the molecule is CN(CC(C)(C)O)c1ccc(C#N)c(Br)c1F. The lowest BCUT2D eigenvalue weighted by Gasteiger charge is -2.27. The van der Waals surface area contributed by atoms with Crippen molar-refractivity contribution in [3.8, 4) is 6.07 Å². The Kier molecular flexibility index (Phi) is 4.12. The highest BCUT2D eigenvalue weighted by atomic mass is 79.9. The largest absolute Gasteiger partial charge is 0.389 e. The van der Waals surface area contributed by atoms with Crippen LogP contribution in [0.3, 0.4) is 0 Å². The molecule has 0 unspecified atom stereocenters. The van der Waals surface area contributed by atoms with Crippen LogP contribution in [0.2, 0.25) is 0 Å². The Balaban J connectivity index is 3.09. The molecular weight excluding hydrogens is 287 g/mol. The summed E-state index contributed by atoms with van der Waals surface area (Å²) in [4.78, 5) is 1.61. The first-order chi connectivity index (χ1) is 7.76. The molecule has 1 rings (SSSR count). The Morgan fingerprint density at radius 1 is 1.53 bits per heavy atom.